The molecule has 0 radical (unpaired) electrons. The summed E-state index contributed by atoms with van der Waals surface area (Å²) in [5.74, 6) is -1.16. The number of carbonyl (C=O) groups is 2. The molecule has 0 spiro atoms. The van der Waals surface area contributed by atoms with E-state index in [4.69, 9.17) is 23.8 Å². The molecule has 0 aromatic heterocycles. The van der Waals surface area contributed by atoms with Crippen LogP contribution in [0, 0.1) is 0 Å². The highest BCUT2D eigenvalue weighted by Crippen LogP contribution is 2.43. The van der Waals surface area contributed by atoms with Gasteiger partial charge in [0, 0.05) is 12.8 Å². The van der Waals surface area contributed by atoms with Gasteiger partial charge in [-0.05, 0) is 83.5 Å². The standard InChI is InChI=1S/C46H74O13P2/c1-3-5-7-9-11-13-15-17-19-20-21-22-24-26-28-30-32-34-36-38-46(49)59-44(42-58-61(53,54)57-40-43(47)39-56-60(50,51)52)41-55-45(48)37-35-33-31-29-27-25-23-18-16-14-12-10-8-6-4-2/h5-8,11-14,17-19,21-23,26,28,32,34,43-44,47H,3-4,9-10,15-16,20,24-25,27,29-31,33,35-42H2,1-2H3,(H,53,54)(H2,50,51,52). The molecule has 0 aliphatic carbocycles. The molecule has 3 unspecified atom stereocenters. The molecule has 4 N–H and O–H groups in total. The summed E-state index contributed by atoms with van der Waals surface area (Å²) < 4.78 is 47.7. The van der Waals surface area contributed by atoms with Crippen molar-refractivity contribution in [1.29, 1.82) is 0 Å². The van der Waals surface area contributed by atoms with Crippen LogP contribution < -0.4 is 0 Å². The summed E-state index contributed by atoms with van der Waals surface area (Å²) in [4.78, 5) is 52.7. The smallest absolute Gasteiger partial charge is 0.462 e. The highest BCUT2D eigenvalue weighted by Gasteiger charge is 2.28. The van der Waals surface area contributed by atoms with E-state index in [1.54, 1.807) is 0 Å². The van der Waals surface area contributed by atoms with Gasteiger partial charge < -0.3 is 29.3 Å². The molecule has 0 saturated heterocycles. The second-order valence-electron chi connectivity index (χ2n) is 13.8. The molecule has 61 heavy (non-hydrogen) atoms. The number of ether oxygens (including phenoxy) is 2. The molecule has 0 aliphatic heterocycles. The first-order valence-electron chi connectivity index (χ1n) is 21.6. The van der Waals surface area contributed by atoms with Crippen LogP contribution in [-0.2, 0) is 41.8 Å². The topological polar surface area (TPSA) is 195 Å². The normalized spacial score (nSPS) is 15.0. The van der Waals surface area contributed by atoms with Gasteiger partial charge in [-0.1, -0.05) is 142 Å². The minimum absolute atomic E-state index is 0.00452. The zero-order chi connectivity index (χ0) is 45.1. The number of phosphoric acid groups is 2. The van der Waals surface area contributed by atoms with Gasteiger partial charge in [0.2, 0.25) is 0 Å². The van der Waals surface area contributed by atoms with Gasteiger partial charge in [0.25, 0.3) is 0 Å². The summed E-state index contributed by atoms with van der Waals surface area (Å²) in [5, 5.41) is 9.74. The van der Waals surface area contributed by atoms with E-state index in [-0.39, 0.29) is 12.8 Å². The van der Waals surface area contributed by atoms with Crippen molar-refractivity contribution in [1.82, 2.24) is 0 Å². The Bertz CT molecular complexity index is 1490. The van der Waals surface area contributed by atoms with Crippen LogP contribution in [0.1, 0.15) is 129 Å². The Hall–Kier alpha value is -3.22. The Kier molecular flexibility index (Phi) is 38.7. The van der Waals surface area contributed by atoms with E-state index in [0.717, 1.165) is 83.5 Å². The van der Waals surface area contributed by atoms with E-state index < -0.39 is 66.2 Å². The average Bonchev–Trinajstić information content (AvgIpc) is 3.22. The van der Waals surface area contributed by atoms with Gasteiger partial charge in [0.05, 0.1) is 19.8 Å². The number of allylic oxidation sites excluding steroid dienone is 18. The van der Waals surface area contributed by atoms with E-state index in [1.165, 1.54) is 0 Å². The van der Waals surface area contributed by atoms with E-state index in [9.17, 15) is 28.7 Å². The number of rotatable bonds is 39. The highest BCUT2D eigenvalue weighted by molar-refractivity contribution is 7.47. The van der Waals surface area contributed by atoms with Gasteiger partial charge in [-0.15, -0.1) is 0 Å². The van der Waals surface area contributed by atoms with Crippen molar-refractivity contribution in [3.8, 4) is 0 Å². The molecule has 0 fully saturated rings. The first-order chi connectivity index (χ1) is 29.4. The van der Waals surface area contributed by atoms with E-state index in [1.807, 2.05) is 18.2 Å². The quantitative estimate of drug-likeness (QED) is 0.0197. The molecule has 13 nitrogen and oxygen atoms in total. The van der Waals surface area contributed by atoms with Crippen molar-refractivity contribution < 1.29 is 61.6 Å². The van der Waals surface area contributed by atoms with Crippen molar-refractivity contribution >= 4 is 27.6 Å². The van der Waals surface area contributed by atoms with Crippen LogP contribution in [0.15, 0.2) is 109 Å². The van der Waals surface area contributed by atoms with Gasteiger partial charge in [0.15, 0.2) is 6.10 Å². The van der Waals surface area contributed by atoms with Crippen LogP contribution in [0.4, 0.5) is 0 Å². The van der Waals surface area contributed by atoms with Crippen LogP contribution in [0.2, 0.25) is 0 Å². The Morgan fingerprint density at radius 2 is 0.885 bits per heavy atom. The van der Waals surface area contributed by atoms with Crippen molar-refractivity contribution in [2.24, 2.45) is 0 Å². The fourth-order valence-corrected chi connectivity index (χ4v) is 6.13. The van der Waals surface area contributed by atoms with Gasteiger partial charge in [-0.2, -0.15) is 0 Å². The van der Waals surface area contributed by atoms with Crippen molar-refractivity contribution in [3.63, 3.8) is 0 Å². The molecule has 0 bridgehead atoms. The van der Waals surface area contributed by atoms with E-state index in [0.29, 0.717) is 19.3 Å². The van der Waals surface area contributed by atoms with Crippen LogP contribution in [-0.4, -0.2) is 70.4 Å². The maximum absolute atomic E-state index is 12.6. The zero-order valence-corrected chi connectivity index (χ0v) is 38.2. The summed E-state index contributed by atoms with van der Waals surface area (Å²) in [5.41, 5.74) is 0. The van der Waals surface area contributed by atoms with E-state index in [2.05, 4.69) is 114 Å². The maximum Gasteiger partial charge on any atom is 0.472 e. The molecule has 346 valence electrons. The highest BCUT2D eigenvalue weighted by atomic mass is 31.2. The second-order valence-corrected chi connectivity index (χ2v) is 16.5. The lowest BCUT2D eigenvalue weighted by Gasteiger charge is -2.20. The van der Waals surface area contributed by atoms with Crippen LogP contribution in [0.25, 0.3) is 0 Å². The molecule has 0 rings (SSSR count). The Labute approximate surface area is 365 Å². The van der Waals surface area contributed by atoms with Gasteiger partial charge in [0.1, 0.15) is 12.7 Å². The third-order valence-corrected chi connectivity index (χ3v) is 9.60. The SMILES string of the molecule is CCC=CCC=CCC=CCC=CCC=CCC=CCCC(=O)OC(COC(=O)CCCCCCCC=CCC=CCC=CCC)COP(=O)(O)OCC(O)COP(=O)(O)O. The van der Waals surface area contributed by atoms with Crippen molar-refractivity contribution in [2.45, 2.75) is 142 Å². The third kappa shape index (κ3) is 44.6. The summed E-state index contributed by atoms with van der Waals surface area (Å²) in [6.07, 6.45) is 49.5. The Morgan fingerprint density at radius 3 is 1.38 bits per heavy atom. The number of hydrogen-bond acceptors (Lipinski definition) is 10. The van der Waals surface area contributed by atoms with Gasteiger partial charge >= 0.3 is 27.6 Å². The predicted octanol–water partition coefficient (Wildman–Crippen LogP) is 11.1. The first-order valence-corrected chi connectivity index (χ1v) is 24.6. The van der Waals surface area contributed by atoms with Crippen molar-refractivity contribution in [2.75, 3.05) is 26.4 Å². The minimum atomic E-state index is -4.88. The summed E-state index contributed by atoms with van der Waals surface area (Å²) in [6, 6.07) is 0. The number of carbonyl (C=O) groups excluding carboxylic acids is 2. The van der Waals surface area contributed by atoms with Gasteiger partial charge in [-0.25, -0.2) is 9.13 Å². The number of hydrogen-bond donors (Lipinski definition) is 4. The number of esters is 2. The third-order valence-electron chi connectivity index (χ3n) is 8.16. The largest absolute Gasteiger partial charge is 0.472 e. The molecule has 0 aromatic carbocycles. The molecule has 0 amide bonds. The zero-order valence-electron chi connectivity index (χ0n) is 36.5. The van der Waals surface area contributed by atoms with Crippen LogP contribution in [0.3, 0.4) is 0 Å². The second kappa shape index (κ2) is 40.8. The number of aliphatic hydroxyl groups excluding tert-OH is 1. The van der Waals surface area contributed by atoms with E-state index >= 15 is 0 Å². The average molecular weight is 897 g/mol. The minimum Gasteiger partial charge on any atom is -0.462 e. The Morgan fingerprint density at radius 1 is 0.475 bits per heavy atom. The molecule has 15 heteroatoms. The lowest BCUT2D eigenvalue weighted by atomic mass is 10.1. The number of unbranched alkanes of at least 4 members (excludes halogenated alkanes) is 5. The molecular formula is C46H74O13P2. The first kappa shape index (κ1) is 57.8. The van der Waals surface area contributed by atoms with Gasteiger partial charge in [-0.3, -0.25) is 23.2 Å². The molecule has 0 heterocycles. The lowest BCUT2D eigenvalue weighted by Crippen LogP contribution is -2.29. The van der Waals surface area contributed by atoms with Crippen molar-refractivity contribution in [3.05, 3.63) is 109 Å². The summed E-state index contributed by atoms with van der Waals surface area (Å²) >= 11 is 0. The maximum atomic E-state index is 12.6. The molecule has 0 aliphatic rings. The number of phosphoric ester groups is 2. The fourth-order valence-electron chi connectivity index (χ4n) is 4.97. The predicted molar refractivity (Wildman–Crippen MR) is 243 cm³/mol. The lowest BCUT2D eigenvalue weighted by molar-refractivity contribution is -0.161. The molecular weight excluding hydrogens is 822 g/mol. The monoisotopic (exact) mass is 896 g/mol. The van der Waals surface area contributed by atoms with Crippen LogP contribution in [0.5, 0.6) is 0 Å². The van der Waals surface area contributed by atoms with Crippen LogP contribution >= 0.6 is 15.6 Å². The summed E-state index contributed by atoms with van der Waals surface area (Å²) in [6.45, 7) is 1.41. The molecule has 0 aromatic rings. The fraction of sp³-hybridized carbons (Fsp3) is 0.565. The molecule has 0 saturated carbocycles. The number of aliphatic hydroxyl groups is 1. The summed E-state index contributed by atoms with van der Waals surface area (Å²) in [7, 11) is -9.72. The molecule has 3 atom stereocenters. The Balaban J connectivity index is 4.70.